The van der Waals surface area contributed by atoms with Crippen LogP contribution >= 0.6 is 0 Å². The van der Waals surface area contributed by atoms with Gasteiger partial charge in [0.05, 0.1) is 12.3 Å². The molecule has 0 saturated heterocycles. The molecule has 0 fully saturated rings. The summed E-state index contributed by atoms with van der Waals surface area (Å²) in [6, 6.07) is 0. The predicted molar refractivity (Wildman–Crippen MR) is 58.8 cm³/mol. The van der Waals surface area contributed by atoms with E-state index in [1.807, 2.05) is 27.7 Å². The molecule has 5 heteroatoms. The van der Waals surface area contributed by atoms with Crippen molar-refractivity contribution in [3.63, 3.8) is 0 Å². The van der Waals surface area contributed by atoms with E-state index in [9.17, 15) is 4.79 Å². The predicted octanol–water partition coefficient (Wildman–Crippen LogP) is 2.09. The average molecular weight is 224 g/mol. The van der Waals surface area contributed by atoms with E-state index < -0.39 is 5.97 Å². The second kappa shape index (κ2) is 4.92. The van der Waals surface area contributed by atoms with Gasteiger partial charge in [0.15, 0.2) is 11.4 Å². The number of hydrogen-bond acceptors (Lipinski definition) is 4. The van der Waals surface area contributed by atoms with Crippen molar-refractivity contribution in [2.45, 2.75) is 39.7 Å². The SMILES string of the molecule is CC(C)Oc1cnc(C(C)C)nc1C(=O)O. The summed E-state index contributed by atoms with van der Waals surface area (Å²) in [5.74, 6) is -0.286. The van der Waals surface area contributed by atoms with Crippen molar-refractivity contribution in [2.24, 2.45) is 0 Å². The Morgan fingerprint density at radius 2 is 2.00 bits per heavy atom. The standard InChI is InChI=1S/C11H16N2O3/c1-6(2)10-12-5-8(16-7(3)4)9(13-10)11(14)15/h5-7H,1-4H3,(H,14,15). The average Bonchev–Trinajstić information content (AvgIpc) is 2.16. The van der Waals surface area contributed by atoms with Crippen molar-refractivity contribution in [3.8, 4) is 5.75 Å². The van der Waals surface area contributed by atoms with Crippen LogP contribution in [-0.2, 0) is 0 Å². The minimum Gasteiger partial charge on any atom is -0.487 e. The molecular formula is C11H16N2O3. The van der Waals surface area contributed by atoms with Crippen LogP contribution in [-0.4, -0.2) is 27.1 Å². The number of rotatable bonds is 4. The van der Waals surface area contributed by atoms with Crippen molar-refractivity contribution in [3.05, 3.63) is 17.7 Å². The van der Waals surface area contributed by atoms with Crippen LogP contribution in [0.3, 0.4) is 0 Å². The second-order valence-corrected chi connectivity index (χ2v) is 4.07. The van der Waals surface area contributed by atoms with Gasteiger partial charge >= 0.3 is 5.97 Å². The molecule has 16 heavy (non-hydrogen) atoms. The van der Waals surface area contributed by atoms with Gasteiger partial charge in [0, 0.05) is 5.92 Å². The summed E-state index contributed by atoms with van der Waals surface area (Å²) in [5.41, 5.74) is -0.0765. The maximum Gasteiger partial charge on any atom is 0.358 e. The smallest absolute Gasteiger partial charge is 0.358 e. The maximum absolute atomic E-state index is 11.0. The molecule has 0 aliphatic rings. The van der Waals surface area contributed by atoms with Crippen LogP contribution < -0.4 is 4.74 Å². The largest absolute Gasteiger partial charge is 0.487 e. The summed E-state index contributed by atoms with van der Waals surface area (Å²) < 4.78 is 5.34. The van der Waals surface area contributed by atoms with Gasteiger partial charge in [-0.05, 0) is 13.8 Å². The van der Waals surface area contributed by atoms with E-state index in [-0.39, 0.29) is 23.5 Å². The van der Waals surface area contributed by atoms with Crippen molar-refractivity contribution >= 4 is 5.97 Å². The zero-order valence-corrected chi connectivity index (χ0v) is 9.89. The quantitative estimate of drug-likeness (QED) is 0.847. The van der Waals surface area contributed by atoms with Crippen LogP contribution in [0.25, 0.3) is 0 Å². The van der Waals surface area contributed by atoms with Gasteiger partial charge in [-0.1, -0.05) is 13.8 Å². The Labute approximate surface area is 94.5 Å². The number of carbonyl (C=O) groups is 1. The van der Waals surface area contributed by atoms with E-state index in [1.165, 1.54) is 6.20 Å². The Hall–Kier alpha value is -1.65. The monoisotopic (exact) mass is 224 g/mol. The number of aromatic carboxylic acids is 1. The highest BCUT2D eigenvalue weighted by molar-refractivity contribution is 5.88. The molecule has 1 aromatic heterocycles. The molecule has 0 spiro atoms. The third-order valence-corrected chi connectivity index (χ3v) is 1.86. The zero-order valence-electron chi connectivity index (χ0n) is 9.89. The summed E-state index contributed by atoms with van der Waals surface area (Å²) in [7, 11) is 0. The molecule has 0 aliphatic carbocycles. The van der Waals surface area contributed by atoms with Gasteiger partial charge in [0.2, 0.25) is 0 Å². The van der Waals surface area contributed by atoms with E-state index in [1.54, 1.807) is 0 Å². The molecule has 0 radical (unpaired) electrons. The van der Waals surface area contributed by atoms with Gasteiger partial charge < -0.3 is 9.84 Å². The number of carboxylic acid groups (broad SMARTS) is 1. The lowest BCUT2D eigenvalue weighted by Gasteiger charge is -2.12. The molecule has 0 atom stereocenters. The molecule has 0 bridgehead atoms. The van der Waals surface area contributed by atoms with Gasteiger partial charge in [0.25, 0.3) is 0 Å². The van der Waals surface area contributed by atoms with E-state index in [0.717, 1.165) is 0 Å². The van der Waals surface area contributed by atoms with Crippen LogP contribution in [0.2, 0.25) is 0 Å². The minimum atomic E-state index is -1.10. The Morgan fingerprint density at radius 3 is 2.44 bits per heavy atom. The lowest BCUT2D eigenvalue weighted by atomic mass is 10.2. The van der Waals surface area contributed by atoms with Gasteiger partial charge in [-0.3, -0.25) is 0 Å². The second-order valence-electron chi connectivity index (χ2n) is 4.07. The molecule has 0 aromatic carbocycles. The normalized spacial score (nSPS) is 10.9. The van der Waals surface area contributed by atoms with Crippen molar-refractivity contribution in [1.82, 2.24) is 9.97 Å². The summed E-state index contributed by atoms with van der Waals surface area (Å²) >= 11 is 0. The Morgan fingerprint density at radius 1 is 1.38 bits per heavy atom. The molecular weight excluding hydrogens is 208 g/mol. The first-order valence-electron chi connectivity index (χ1n) is 5.18. The molecule has 0 aliphatic heterocycles. The van der Waals surface area contributed by atoms with Crippen molar-refractivity contribution in [1.29, 1.82) is 0 Å². The summed E-state index contributed by atoms with van der Waals surface area (Å²) in [5, 5.41) is 9.01. The lowest BCUT2D eigenvalue weighted by molar-refractivity contribution is 0.0682. The Kier molecular flexibility index (Phi) is 3.82. The van der Waals surface area contributed by atoms with Crippen LogP contribution in [0, 0.1) is 0 Å². The van der Waals surface area contributed by atoms with Crippen LogP contribution in [0.15, 0.2) is 6.20 Å². The van der Waals surface area contributed by atoms with Gasteiger partial charge in [-0.2, -0.15) is 0 Å². The molecule has 5 nitrogen and oxygen atoms in total. The Bertz CT molecular complexity index is 389. The zero-order chi connectivity index (χ0) is 12.3. The highest BCUT2D eigenvalue weighted by Crippen LogP contribution is 2.19. The first-order chi connectivity index (χ1) is 7.41. The highest BCUT2D eigenvalue weighted by Gasteiger charge is 2.17. The fourth-order valence-corrected chi connectivity index (χ4v) is 1.16. The van der Waals surface area contributed by atoms with Crippen LogP contribution in [0.5, 0.6) is 5.75 Å². The molecule has 0 unspecified atom stereocenters. The first-order valence-corrected chi connectivity index (χ1v) is 5.18. The fourth-order valence-electron chi connectivity index (χ4n) is 1.16. The molecule has 0 amide bonds. The molecule has 1 N–H and O–H groups in total. The van der Waals surface area contributed by atoms with Crippen molar-refractivity contribution < 1.29 is 14.6 Å². The number of ether oxygens (including phenoxy) is 1. The van der Waals surface area contributed by atoms with E-state index in [2.05, 4.69) is 9.97 Å². The topological polar surface area (TPSA) is 72.3 Å². The van der Waals surface area contributed by atoms with E-state index in [0.29, 0.717) is 5.82 Å². The van der Waals surface area contributed by atoms with Gasteiger partial charge in [-0.25, -0.2) is 14.8 Å². The molecule has 1 heterocycles. The highest BCUT2D eigenvalue weighted by atomic mass is 16.5. The summed E-state index contributed by atoms with van der Waals surface area (Å²) in [4.78, 5) is 19.1. The van der Waals surface area contributed by atoms with Gasteiger partial charge in [0.1, 0.15) is 5.82 Å². The minimum absolute atomic E-state index is 0.0765. The van der Waals surface area contributed by atoms with E-state index in [4.69, 9.17) is 9.84 Å². The number of hydrogen-bond donors (Lipinski definition) is 1. The van der Waals surface area contributed by atoms with Crippen LogP contribution in [0.4, 0.5) is 0 Å². The summed E-state index contributed by atoms with van der Waals surface area (Å²) in [6.45, 7) is 7.46. The number of carboxylic acids is 1. The summed E-state index contributed by atoms with van der Waals surface area (Å²) in [6.07, 6.45) is 1.32. The van der Waals surface area contributed by atoms with E-state index >= 15 is 0 Å². The lowest BCUT2D eigenvalue weighted by Crippen LogP contribution is -2.13. The van der Waals surface area contributed by atoms with Gasteiger partial charge in [-0.15, -0.1) is 0 Å². The number of aromatic nitrogens is 2. The Balaban J connectivity index is 3.14. The molecule has 88 valence electrons. The number of nitrogens with zero attached hydrogens (tertiary/aromatic N) is 2. The van der Waals surface area contributed by atoms with Crippen LogP contribution in [0.1, 0.15) is 49.9 Å². The molecule has 1 aromatic rings. The third-order valence-electron chi connectivity index (χ3n) is 1.86. The fraction of sp³-hybridized carbons (Fsp3) is 0.545. The molecule has 1 rings (SSSR count). The molecule has 0 saturated carbocycles. The maximum atomic E-state index is 11.0. The van der Waals surface area contributed by atoms with Crippen molar-refractivity contribution in [2.75, 3.05) is 0 Å². The first kappa shape index (κ1) is 12.4. The third kappa shape index (κ3) is 2.92.